The van der Waals surface area contributed by atoms with Gasteiger partial charge >= 0.3 is 0 Å². The molecule has 106 valence electrons. The van der Waals surface area contributed by atoms with E-state index in [1.165, 1.54) is 4.90 Å². The Bertz CT molecular complexity index is 634. The van der Waals surface area contributed by atoms with Gasteiger partial charge in [-0.25, -0.2) is 4.90 Å². The molecule has 0 saturated carbocycles. The smallest absolute Gasteiger partial charge is 0.238 e. The molecule has 0 radical (unpaired) electrons. The fraction of sp³-hybridized carbons (Fsp3) is 0.312. The summed E-state index contributed by atoms with van der Waals surface area (Å²) in [6.45, 7) is -0.123. The standard InChI is InChI=1S/C16H14N2O3/c17-9-10-21-14-8-4-3-7-13(14)18-15(19)11-5-1-2-6-12(11)16(18)20/h1-4,7-8,11-12H,5-6,10H2/t11-,12+. The van der Waals surface area contributed by atoms with Gasteiger partial charge in [-0.15, -0.1) is 0 Å². The van der Waals surface area contributed by atoms with Gasteiger partial charge in [0.25, 0.3) is 0 Å². The van der Waals surface area contributed by atoms with Crippen molar-refractivity contribution in [3.8, 4) is 11.8 Å². The highest BCUT2D eigenvalue weighted by Crippen LogP contribution is 2.40. The van der Waals surface area contributed by atoms with Crippen LogP contribution in [0.4, 0.5) is 5.69 Å². The molecule has 5 nitrogen and oxygen atoms in total. The number of para-hydroxylation sites is 2. The highest BCUT2D eigenvalue weighted by atomic mass is 16.5. The molecule has 1 aromatic rings. The van der Waals surface area contributed by atoms with Crippen LogP contribution in [0.25, 0.3) is 0 Å². The van der Waals surface area contributed by atoms with Crippen LogP contribution in [0.3, 0.4) is 0 Å². The minimum atomic E-state index is -0.272. The zero-order valence-corrected chi connectivity index (χ0v) is 11.4. The van der Waals surface area contributed by atoms with E-state index < -0.39 is 0 Å². The molecule has 1 saturated heterocycles. The number of nitriles is 1. The molecule has 3 rings (SSSR count). The fourth-order valence-electron chi connectivity index (χ4n) is 2.91. The van der Waals surface area contributed by atoms with Crippen molar-refractivity contribution in [2.45, 2.75) is 12.8 Å². The lowest BCUT2D eigenvalue weighted by atomic mass is 9.85. The average molecular weight is 282 g/mol. The van der Waals surface area contributed by atoms with Crippen LogP contribution in [0.2, 0.25) is 0 Å². The molecule has 0 spiro atoms. The van der Waals surface area contributed by atoms with Crippen molar-refractivity contribution in [3.63, 3.8) is 0 Å². The Kier molecular flexibility index (Phi) is 3.44. The second-order valence-electron chi connectivity index (χ2n) is 5.08. The van der Waals surface area contributed by atoms with Crippen molar-refractivity contribution < 1.29 is 14.3 Å². The maximum absolute atomic E-state index is 12.5. The molecule has 5 heteroatoms. The summed E-state index contributed by atoms with van der Waals surface area (Å²) in [5.74, 6) is -0.518. The number of hydrogen-bond donors (Lipinski definition) is 0. The minimum Gasteiger partial charge on any atom is -0.477 e. The SMILES string of the molecule is N#CCOc1ccccc1N1C(=O)[C@H]2CC=CC[C@H]2C1=O. The zero-order chi connectivity index (χ0) is 14.8. The lowest BCUT2D eigenvalue weighted by Crippen LogP contribution is -2.31. The Hall–Kier alpha value is -2.61. The number of carbonyl (C=O) groups is 2. The van der Waals surface area contributed by atoms with Crippen molar-refractivity contribution in [1.82, 2.24) is 0 Å². The third-order valence-corrected chi connectivity index (χ3v) is 3.91. The van der Waals surface area contributed by atoms with Crippen LogP contribution in [-0.2, 0) is 9.59 Å². The van der Waals surface area contributed by atoms with Crippen LogP contribution in [0.1, 0.15) is 12.8 Å². The summed E-state index contributed by atoms with van der Waals surface area (Å²) in [6, 6.07) is 8.71. The maximum atomic E-state index is 12.5. The number of rotatable bonds is 3. The van der Waals surface area contributed by atoms with E-state index in [2.05, 4.69) is 0 Å². The number of fused-ring (bicyclic) bond motifs is 1. The van der Waals surface area contributed by atoms with Crippen LogP contribution in [-0.4, -0.2) is 18.4 Å². The Morgan fingerprint density at radius 1 is 1.14 bits per heavy atom. The van der Waals surface area contributed by atoms with Crippen molar-refractivity contribution in [3.05, 3.63) is 36.4 Å². The third-order valence-electron chi connectivity index (χ3n) is 3.91. The molecule has 1 fully saturated rings. The lowest BCUT2D eigenvalue weighted by Gasteiger charge is -2.18. The predicted molar refractivity (Wildman–Crippen MR) is 75.4 cm³/mol. The number of anilines is 1. The number of carbonyl (C=O) groups excluding carboxylic acids is 2. The van der Waals surface area contributed by atoms with Gasteiger partial charge in [0.05, 0.1) is 17.5 Å². The highest BCUT2D eigenvalue weighted by molar-refractivity contribution is 6.22. The number of nitrogens with zero attached hydrogens (tertiary/aromatic N) is 2. The Morgan fingerprint density at radius 3 is 2.38 bits per heavy atom. The number of hydrogen-bond acceptors (Lipinski definition) is 4. The third kappa shape index (κ3) is 2.19. The first-order valence-corrected chi connectivity index (χ1v) is 6.85. The van der Waals surface area contributed by atoms with Gasteiger partial charge in [-0.05, 0) is 25.0 Å². The second kappa shape index (κ2) is 5.41. The monoisotopic (exact) mass is 282 g/mol. The number of ether oxygens (including phenoxy) is 1. The molecule has 0 aromatic heterocycles. The van der Waals surface area contributed by atoms with E-state index in [-0.39, 0.29) is 30.3 Å². The molecular formula is C16H14N2O3. The van der Waals surface area contributed by atoms with E-state index in [0.29, 0.717) is 24.3 Å². The molecule has 2 atom stereocenters. The average Bonchev–Trinajstić information content (AvgIpc) is 2.78. The number of benzene rings is 1. The molecule has 2 amide bonds. The van der Waals surface area contributed by atoms with Gasteiger partial charge < -0.3 is 4.74 Å². The number of allylic oxidation sites excluding steroid dienone is 2. The van der Waals surface area contributed by atoms with Gasteiger partial charge in [0, 0.05) is 0 Å². The van der Waals surface area contributed by atoms with Gasteiger partial charge in [0.15, 0.2) is 6.61 Å². The van der Waals surface area contributed by atoms with E-state index in [0.717, 1.165) is 0 Å². The number of amides is 2. The molecule has 1 heterocycles. The van der Waals surface area contributed by atoms with Crippen LogP contribution < -0.4 is 9.64 Å². The molecular weight excluding hydrogens is 268 g/mol. The van der Waals surface area contributed by atoms with Crippen LogP contribution in [0.5, 0.6) is 5.75 Å². The van der Waals surface area contributed by atoms with E-state index in [4.69, 9.17) is 10.00 Å². The first-order chi connectivity index (χ1) is 10.2. The first kappa shape index (κ1) is 13.4. The second-order valence-corrected chi connectivity index (χ2v) is 5.08. The van der Waals surface area contributed by atoms with Gasteiger partial charge in [0.2, 0.25) is 11.8 Å². The summed E-state index contributed by atoms with van der Waals surface area (Å²) >= 11 is 0. The summed E-state index contributed by atoms with van der Waals surface area (Å²) < 4.78 is 5.33. The quantitative estimate of drug-likeness (QED) is 0.628. The molecule has 0 N–H and O–H groups in total. The zero-order valence-electron chi connectivity index (χ0n) is 11.4. The Morgan fingerprint density at radius 2 is 1.76 bits per heavy atom. The summed E-state index contributed by atoms with van der Waals surface area (Å²) in [5, 5.41) is 8.63. The van der Waals surface area contributed by atoms with Gasteiger partial charge in [0.1, 0.15) is 11.8 Å². The van der Waals surface area contributed by atoms with Crippen LogP contribution >= 0.6 is 0 Å². The van der Waals surface area contributed by atoms with Gasteiger partial charge in [-0.3, -0.25) is 9.59 Å². The summed E-state index contributed by atoms with van der Waals surface area (Å²) in [5.41, 5.74) is 0.428. The number of imide groups is 1. The van der Waals surface area contributed by atoms with Crippen molar-refractivity contribution in [2.75, 3.05) is 11.5 Å². The van der Waals surface area contributed by atoms with Crippen molar-refractivity contribution in [1.29, 1.82) is 5.26 Å². The topological polar surface area (TPSA) is 70.4 Å². The normalized spacial score (nSPS) is 23.9. The fourth-order valence-corrected chi connectivity index (χ4v) is 2.91. The molecule has 1 aliphatic heterocycles. The first-order valence-electron chi connectivity index (χ1n) is 6.85. The molecule has 0 unspecified atom stereocenters. The summed E-state index contributed by atoms with van der Waals surface area (Å²) in [4.78, 5) is 26.3. The minimum absolute atomic E-state index is 0.123. The molecule has 1 aromatic carbocycles. The summed E-state index contributed by atoms with van der Waals surface area (Å²) in [6.07, 6.45) is 5.11. The van der Waals surface area contributed by atoms with Crippen LogP contribution in [0, 0.1) is 23.2 Å². The van der Waals surface area contributed by atoms with E-state index in [9.17, 15) is 9.59 Å². The molecule has 21 heavy (non-hydrogen) atoms. The van der Waals surface area contributed by atoms with E-state index in [1.807, 2.05) is 18.2 Å². The van der Waals surface area contributed by atoms with Gasteiger partial charge in [-0.2, -0.15) is 5.26 Å². The van der Waals surface area contributed by atoms with Gasteiger partial charge in [-0.1, -0.05) is 24.3 Å². The Balaban J connectivity index is 1.96. The van der Waals surface area contributed by atoms with Crippen molar-refractivity contribution in [2.24, 2.45) is 11.8 Å². The molecule has 2 aliphatic rings. The summed E-state index contributed by atoms with van der Waals surface area (Å²) in [7, 11) is 0. The highest BCUT2D eigenvalue weighted by Gasteiger charge is 2.48. The largest absolute Gasteiger partial charge is 0.477 e. The molecule has 1 aliphatic carbocycles. The Labute approximate surface area is 122 Å². The van der Waals surface area contributed by atoms with E-state index >= 15 is 0 Å². The van der Waals surface area contributed by atoms with Crippen LogP contribution in [0.15, 0.2) is 36.4 Å². The molecule has 0 bridgehead atoms. The predicted octanol–water partition coefficient (Wildman–Crippen LogP) is 2.04. The van der Waals surface area contributed by atoms with Crippen molar-refractivity contribution >= 4 is 17.5 Å². The maximum Gasteiger partial charge on any atom is 0.238 e. The lowest BCUT2D eigenvalue weighted by molar-refractivity contribution is -0.122. The van der Waals surface area contributed by atoms with E-state index in [1.54, 1.807) is 24.3 Å².